The van der Waals surface area contributed by atoms with Gasteiger partial charge in [-0.05, 0) is 36.9 Å². The van der Waals surface area contributed by atoms with Gasteiger partial charge in [0.05, 0.1) is 5.69 Å². The van der Waals surface area contributed by atoms with Gasteiger partial charge < -0.3 is 5.43 Å². The Balaban J connectivity index is 2.14. The SMILES string of the molecule is CC(Cc1cccs1)NS(=O)(=O)c1ncccc1NN. The van der Waals surface area contributed by atoms with Crippen LogP contribution in [0.25, 0.3) is 0 Å². The Bertz CT molecular complexity index is 656. The van der Waals surface area contributed by atoms with Gasteiger partial charge in [0.2, 0.25) is 0 Å². The highest BCUT2D eigenvalue weighted by atomic mass is 32.2. The number of pyridine rings is 1. The maximum atomic E-state index is 12.3. The Kier molecular flexibility index (Phi) is 4.71. The van der Waals surface area contributed by atoms with Crippen molar-refractivity contribution >= 4 is 27.0 Å². The highest BCUT2D eigenvalue weighted by Crippen LogP contribution is 2.18. The second kappa shape index (κ2) is 6.31. The van der Waals surface area contributed by atoms with Gasteiger partial charge in [0.25, 0.3) is 10.0 Å². The Morgan fingerprint density at radius 1 is 1.40 bits per heavy atom. The van der Waals surface area contributed by atoms with Crippen LogP contribution in [0.2, 0.25) is 0 Å². The third kappa shape index (κ3) is 3.54. The molecule has 8 heteroatoms. The van der Waals surface area contributed by atoms with E-state index in [-0.39, 0.29) is 16.8 Å². The quantitative estimate of drug-likeness (QED) is 0.552. The van der Waals surface area contributed by atoms with Crippen LogP contribution in [-0.2, 0) is 16.4 Å². The number of hydrogen-bond acceptors (Lipinski definition) is 6. The zero-order valence-electron chi connectivity index (χ0n) is 10.9. The van der Waals surface area contributed by atoms with E-state index in [1.54, 1.807) is 23.5 Å². The van der Waals surface area contributed by atoms with Gasteiger partial charge in [-0.25, -0.2) is 18.1 Å². The van der Waals surface area contributed by atoms with Crippen molar-refractivity contribution < 1.29 is 8.42 Å². The van der Waals surface area contributed by atoms with Crippen LogP contribution in [0, 0.1) is 0 Å². The molecule has 0 aromatic carbocycles. The van der Waals surface area contributed by atoms with E-state index in [0.29, 0.717) is 6.42 Å². The minimum Gasteiger partial charge on any atom is -0.321 e. The van der Waals surface area contributed by atoms with Gasteiger partial charge in [0.15, 0.2) is 5.03 Å². The van der Waals surface area contributed by atoms with Gasteiger partial charge in [-0.2, -0.15) is 0 Å². The number of nitrogens with two attached hydrogens (primary N) is 1. The van der Waals surface area contributed by atoms with E-state index in [9.17, 15) is 8.42 Å². The molecule has 1 unspecified atom stereocenters. The number of nitrogen functional groups attached to an aromatic ring is 1. The Hall–Kier alpha value is -1.48. The van der Waals surface area contributed by atoms with Crippen LogP contribution in [-0.4, -0.2) is 19.4 Å². The van der Waals surface area contributed by atoms with Gasteiger partial charge in [-0.1, -0.05) is 6.07 Å². The van der Waals surface area contributed by atoms with Crippen molar-refractivity contribution in [2.45, 2.75) is 24.4 Å². The predicted molar refractivity (Wildman–Crippen MR) is 79.9 cm³/mol. The molecule has 0 fully saturated rings. The Labute approximate surface area is 122 Å². The van der Waals surface area contributed by atoms with Crippen LogP contribution in [0.5, 0.6) is 0 Å². The van der Waals surface area contributed by atoms with Crippen LogP contribution >= 0.6 is 11.3 Å². The van der Waals surface area contributed by atoms with E-state index < -0.39 is 10.0 Å². The van der Waals surface area contributed by atoms with Crippen molar-refractivity contribution in [1.82, 2.24) is 9.71 Å². The third-order valence-electron chi connectivity index (χ3n) is 2.63. The molecule has 0 aliphatic heterocycles. The first-order chi connectivity index (χ1) is 9.53. The van der Waals surface area contributed by atoms with Crippen molar-refractivity contribution in [3.05, 3.63) is 40.7 Å². The average molecular weight is 312 g/mol. The van der Waals surface area contributed by atoms with Crippen LogP contribution in [0.3, 0.4) is 0 Å². The second-order valence-corrected chi connectivity index (χ2v) is 6.97. The smallest absolute Gasteiger partial charge is 0.260 e. The Morgan fingerprint density at radius 2 is 2.20 bits per heavy atom. The summed E-state index contributed by atoms with van der Waals surface area (Å²) in [7, 11) is -3.70. The van der Waals surface area contributed by atoms with Crippen LogP contribution in [0.1, 0.15) is 11.8 Å². The standard InChI is InChI=1S/C12H16N4O2S2/c1-9(8-10-4-3-7-19-10)16-20(17,18)12-11(15-13)5-2-6-14-12/h2-7,9,15-16H,8,13H2,1H3. The molecule has 2 aromatic rings. The molecular weight excluding hydrogens is 296 g/mol. The first kappa shape index (κ1) is 14.9. The summed E-state index contributed by atoms with van der Waals surface area (Å²) < 4.78 is 27.2. The summed E-state index contributed by atoms with van der Waals surface area (Å²) in [5.41, 5.74) is 2.61. The number of aromatic nitrogens is 1. The molecule has 0 amide bonds. The second-order valence-electron chi connectivity index (χ2n) is 4.31. The lowest BCUT2D eigenvalue weighted by atomic mass is 10.2. The normalized spacial score (nSPS) is 13.1. The number of rotatable bonds is 6. The van der Waals surface area contributed by atoms with E-state index in [2.05, 4.69) is 15.1 Å². The molecule has 6 nitrogen and oxygen atoms in total. The summed E-state index contributed by atoms with van der Waals surface area (Å²) in [5, 5.41) is 1.87. The molecule has 0 saturated carbocycles. The highest BCUT2D eigenvalue weighted by molar-refractivity contribution is 7.89. The van der Waals surface area contributed by atoms with E-state index in [1.165, 1.54) is 6.20 Å². The molecule has 4 N–H and O–H groups in total. The van der Waals surface area contributed by atoms with Gasteiger partial charge in [0, 0.05) is 17.1 Å². The molecule has 2 heterocycles. The van der Waals surface area contributed by atoms with E-state index in [0.717, 1.165) is 4.88 Å². The lowest BCUT2D eigenvalue weighted by Crippen LogP contribution is -2.35. The first-order valence-corrected chi connectivity index (χ1v) is 8.35. The summed E-state index contributed by atoms with van der Waals surface area (Å²) in [5.74, 6) is 5.31. The number of nitrogens with one attached hydrogen (secondary N) is 2. The molecular formula is C12H16N4O2S2. The van der Waals surface area contributed by atoms with E-state index in [1.807, 2.05) is 24.4 Å². The van der Waals surface area contributed by atoms with E-state index >= 15 is 0 Å². The fraction of sp³-hybridized carbons (Fsp3) is 0.250. The third-order valence-corrected chi connectivity index (χ3v) is 5.07. The van der Waals surface area contributed by atoms with Gasteiger partial charge in [-0.3, -0.25) is 5.84 Å². The van der Waals surface area contributed by atoms with Crippen molar-refractivity contribution in [3.8, 4) is 0 Å². The first-order valence-electron chi connectivity index (χ1n) is 5.99. The molecule has 0 aliphatic carbocycles. The molecule has 0 aliphatic rings. The van der Waals surface area contributed by atoms with Crippen LogP contribution in [0.15, 0.2) is 40.9 Å². The summed E-state index contributed by atoms with van der Waals surface area (Å²) >= 11 is 1.60. The van der Waals surface area contributed by atoms with E-state index in [4.69, 9.17) is 5.84 Å². The number of sulfonamides is 1. The number of anilines is 1. The number of hydrogen-bond donors (Lipinski definition) is 3. The minimum absolute atomic E-state index is 0.0967. The molecule has 20 heavy (non-hydrogen) atoms. The maximum absolute atomic E-state index is 12.3. The molecule has 0 spiro atoms. The zero-order chi connectivity index (χ0) is 14.6. The molecule has 1 atom stereocenters. The van der Waals surface area contributed by atoms with Crippen molar-refractivity contribution in [2.24, 2.45) is 5.84 Å². The largest absolute Gasteiger partial charge is 0.321 e. The van der Waals surface area contributed by atoms with Gasteiger partial charge in [0.1, 0.15) is 0 Å². The average Bonchev–Trinajstić information content (AvgIpc) is 2.90. The van der Waals surface area contributed by atoms with Crippen LogP contribution < -0.4 is 16.0 Å². The molecule has 2 aromatic heterocycles. The molecule has 108 valence electrons. The molecule has 2 rings (SSSR count). The van der Waals surface area contributed by atoms with Gasteiger partial charge in [-0.15, -0.1) is 11.3 Å². The fourth-order valence-corrected chi connectivity index (χ4v) is 3.98. The molecule has 0 bridgehead atoms. The topological polar surface area (TPSA) is 97.1 Å². The number of hydrazine groups is 1. The summed E-state index contributed by atoms with van der Waals surface area (Å²) in [6, 6.07) is 6.86. The minimum atomic E-state index is -3.70. The summed E-state index contributed by atoms with van der Waals surface area (Å²) in [6.45, 7) is 1.82. The van der Waals surface area contributed by atoms with Crippen molar-refractivity contribution in [2.75, 3.05) is 5.43 Å². The number of nitrogens with zero attached hydrogens (tertiary/aromatic N) is 1. The molecule has 0 saturated heterocycles. The zero-order valence-corrected chi connectivity index (χ0v) is 12.5. The summed E-state index contributed by atoms with van der Waals surface area (Å²) in [4.78, 5) is 5.00. The van der Waals surface area contributed by atoms with Gasteiger partial charge >= 0.3 is 0 Å². The fourth-order valence-electron chi connectivity index (χ4n) is 1.81. The Morgan fingerprint density at radius 3 is 2.85 bits per heavy atom. The summed E-state index contributed by atoms with van der Waals surface area (Å²) in [6.07, 6.45) is 2.05. The lowest BCUT2D eigenvalue weighted by molar-refractivity contribution is 0.557. The van der Waals surface area contributed by atoms with Crippen LogP contribution in [0.4, 0.5) is 5.69 Å². The highest BCUT2D eigenvalue weighted by Gasteiger charge is 2.22. The van der Waals surface area contributed by atoms with Crippen molar-refractivity contribution in [1.29, 1.82) is 0 Å². The monoisotopic (exact) mass is 312 g/mol. The maximum Gasteiger partial charge on any atom is 0.260 e. The number of thiophene rings is 1. The lowest BCUT2D eigenvalue weighted by Gasteiger charge is -2.14. The van der Waals surface area contributed by atoms with Crippen molar-refractivity contribution in [3.63, 3.8) is 0 Å². The molecule has 0 radical (unpaired) electrons. The predicted octanol–water partition coefficient (Wildman–Crippen LogP) is 1.34.